The minimum absolute atomic E-state index is 0.0270. The number of hydrogen-bond donors (Lipinski definition) is 2. The molecule has 0 amide bonds. The van der Waals surface area contributed by atoms with Gasteiger partial charge in [0.25, 0.3) is 0 Å². The average Bonchev–Trinajstić information content (AvgIpc) is 3.27. The van der Waals surface area contributed by atoms with Crippen molar-refractivity contribution in [3.63, 3.8) is 0 Å². The van der Waals surface area contributed by atoms with E-state index in [1.54, 1.807) is 13.1 Å². The highest BCUT2D eigenvalue weighted by molar-refractivity contribution is 7.11. The molecule has 0 aliphatic heterocycles. The first kappa shape index (κ1) is 17.0. The number of hydrogen-bond acceptors (Lipinski definition) is 13. The molecule has 11 nitrogen and oxygen atoms in total. The predicted octanol–water partition coefficient (Wildman–Crippen LogP) is -0.302. The molecule has 3 heterocycles. The van der Waals surface area contributed by atoms with E-state index in [1.165, 1.54) is 18.5 Å². The van der Waals surface area contributed by atoms with Crippen molar-refractivity contribution in [3.8, 4) is 0 Å². The van der Waals surface area contributed by atoms with E-state index in [0.29, 0.717) is 27.0 Å². The monoisotopic (exact) mass is 399 g/mol. The minimum Gasteiger partial charge on any atom is -0.287 e. The van der Waals surface area contributed by atoms with Crippen molar-refractivity contribution in [2.75, 3.05) is 10.9 Å². The molecule has 0 spiro atoms. The van der Waals surface area contributed by atoms with Gasteiger partial charge in [0.15, 0.2) is 10.4 Å². The van der Waals surface area contributed by atoms with E-state index in [1.807, 2.05) is 0 Å². The van der Waals surface area contributed by atoms with Crippen molar-refractivity contribution in [2.24, 2.45) is 10.2 Å². The third kappa shape index (κ3) is 3.45. The van der Waals surface area contributed by atoms with Gasteiger partial charge >= 0.3 is 0 Å². The fourth-order valence-corrected chi connectivity index (χ4v) is 3.24. The van der Waals surface area contributed by atoms with Crippen LogP contribution in [-0.2, 0) is 0 Å². The molecule has 0 aliphatic rings. The highest BCUT2D eigenvalue weighted by Crippen LogP contribution is 2.24. The Morgan fingerprint density at radius 2 is 1.96 bits per heavy atom. The summed E-state index contributed by atoms with van der Waals surface area (Å²) in [7, 11) is 0. The number of rotatable bonds is 4. The molecule has 0 aliphatic carbocycles. The van der Waals surface area contributed by atoms with Crippen LogP contribution in [0.3, 0.4) is 0 Å². The lowest BCUT2D eigenvalue weighted by molar-refractivity contribution is 1.09. The fourth-order valence-electron chi connectivity index (χ4n) is 2.07. The topological polar surface area (TPSA) is 147 Å². The van der Waals surface area contributed by atoms with Gasteiger partial charge in [-0.05, 0) is 30.6 Å². The number of aryl methyl sites for hydroxylation is 1. The molecule has 27 heavy (non-hydrogen) atoms. The normalized spacial score (nSPS) is 12.6. The Bertz CT molecular complexity index is 1350. The molecule has 13 heteroatoms. The number of fused-ring (bicyclic) bond motifs is 1. The summed E-state index contributed by atoms with van der Waals surface area (Å²) in [5, 5.41) is 8.58. The molecule has 0 atom stereocenters. The lowest BCUT2D eigenvalue weighted by atomic mass is 10.3. The Balaban J connectivity index is 1.70. The molecule has 0 radical (unpaired) electrons. The van der Waals surface area contributed by atoms with Gasteiger partial charge < -0.3 is 0 Å². The van der Waals surface area contributed by atoms with Crippen LogP contribution in [0.5, 0.6) is 0 Å². The van der Waals surface area contributed by atoms with E-state index in [-0.39, 0.29) is 10.7 Å². The van der Waals surface area contributed by atoms with Crippen molar-refractivity contribution in [2.45, 2.75) is 6.92 Å². The summed E-state index contributed by atoms with van der Waals surface area (Å²) < 4.78 is 8.16. The van der Waals surface area contributed by atoms with E-state index in [0.717, 1.165) is 23.1 Å². The van der Waals surface area contributed by atoms with E-state index in [4.69, 9.17) is 0 Å². The van der Waals surface area contributed by atoms with Crippen molar-refractivity contribution in [3.05, 3.63) is 61.6 Å². The quantitative estimate of drug-likeness (QED) is 0.441. The number of anilines is 2. The lowest BCUT2D eigenvalue weighted by Gasteiger charge is -1.95. The van der Waals surface area contributed by atoms with Crippen LogP contribution in [0.15, 0.2) is 44.4 Å². The van der Waals surface area contributed by atoms with E-state index >= 15 is 0 Å². The van der Waals surface area contributed by atoms with Crippen LogP contribution in [0.25, 0.3) is 11.0 Å². The molecule has 0 saturated heterocycles. The molecule has 0 bridgehead atoms. The van der Waals surface area contributed by atoms with Gasteiger partial charge in [0.05, 0.1) is 6.20 Å². The van der Waals surface area contributed by atoms with Crippen LogP contribution in [0, 0.1) is 6.92 Å². The number of aromatic nitrogens is 5. The molecule has 4 aromatic rings. The molecule has 134 valence electrons. The highest BCUT2D eigenvalue weighted by atomic mass is 32.1. The second-order valence-corrected chi connectivity index (χ2v) is 6.65. The van der Waals surface area contributed by atoms with Gasteiger partial charge in [0, 0.05) is 11.5 Å². The maximum Gasteiger partial charge on any atom is 0.237 e. The van der Waals surface area contributed by atoms with Crippen molar-refractivity contribution < 1.29 is 0 Å². The summed E-state index contributed by atoms with van der Waals surface area (Å²) in [5.41, 5.74) is 5.38. The Hall–Kier alpha value is -3.45. The zero-order valence-corrected chi connectivity index (χ0v) is 15.2. The van der Waals surface area contributed by atoms with Gasteiger partial charge in [-0.2, -0.15) is 18.9 Å². The molecule has 0 unspecified atom stereocenters. The number of nitrogens with one attached hydrogen (secondary N) is 2. The third-order valence-electron chi connectivity index (χ3n) is 3.29. The summed E-state index contributed by atoms with van der Waals surface area (Å²) in [4.78, 5) is 36.5. The molecule has 2 N–H and O–H groups in total. The molecule has 0 saturated carbocycles. The van der Waals surface area contributed by atoms with E-state index in [9.17, 15) is 9.59 Å². The van der Waals surface area contributed by atoms with Crippen LogP contribution in [0.4, 0.5) is 10.1 Å². The van der Waals surface area contributed by atoms with Gasteiger partial charge in [-0.15, -0.1) is 0 Å². The summed E-state index contributed by atoms with van der Waals surface area (Å²) in [6, 6.07) is 2.55. The van der Waals surface area contributed by atoms with Gasteiger partial charge in [-0.1, -0.05) is 0 Å². The summed E-state index contributed by atoms with van der Waals surface area (Å²) in [5.74, 6) is 0.566. The standard InChI is InChI=1S/C14H9N9O2S2/c1-6-17-14(27-22-6)21-19-11-9(24)3-2-7(12(11)25)18-20-13-10-8(23-26-13)4-15-5-16-10/h2-5,20H,1H3,(H,17,21,22). The Morgan fingerprint density at radius 3 is 2.78 bits per heavy atom. The number of nitrogens with zero attached hydrogens (tertiary/aromatic N) is 7. The average molecular weight is 399 g/mol. The molecule has 3 aromatic heterocycles. The molecule has 4 rings (SSSR count). The Labute approximate surface area is 157 Å². The minimum atomic E-state index is -0.618. The Kier molecular flexibility index (Phi) is 4.43. The second-order valence-electron chi connectivity index (χ2n) is 5.12. The fraction of sp³-hybridized carbons (Fsp3) is 0.0714. The maximum absolute atomic E-state index is 12.5. The largest absolute Gasteiger partial charge is 0.287 e. The third-order valence-corrected chi connectivity index (χ3v) is 4.75. The van der Waals surface area contributed by atoms with Gasteiger partial charge in [0.2, 0.25) is 16.0 Å². The van der Waals surface area contributed by atoms with Crippen molar-refractivity contribution in [1.29, 1.82) is 0 Å². The summed E-state index contributed by atoms with van der Waals surface area (Å²) >= 11 is 2.21. The highest BCUT2D eigenvalue weighted by Gasteiger charge is 2.07. The van der Waals surface area contributed by atoms with Crippen LogP contribution >= 0.6 is 23.1 Å². The molecule has 1 aromatic carbocycles. The predicted molar refractivity (Wildman–Crippen MR) is 99.6 cm³/mol. The van der Waals surface area contributed by atoms with Crippen LogP contribution in [-0.4, -0.2) is 23.7 Å². The van der Waals surface area contributed by atoms with E-state index in [2.05, 4.69) is 44.8 Å². The van der Waals surface area contributed by atoms with E-state index < -0.39 is 10.9 Å². The number of benzene rings is 1. The SMILES string of the molecule is Cc1nsc(NN=c2c(=O)ccc(=NNc3snc4cncnc34)c2=O)n1. The van der Waals surface area contributed by atoms with Gasteiger partial charge in [0.1, 0.15) is 28.5 Å². The van der Waals surface area contributed by atoms with Gasteiger partial charge in [-0.3, -0.25) is 20.4 Å². The van der Waals surface area contributed by atoms with Crippen molar-refractivity contribution >= 4 is 44.2 Å². The first-order valence-electron chi connectivity index (χ1n) is 7.42. The van der Waals surface area contributed by atoms with Gasteiger partial charge in [-0.25, -0.2) is 15.0 Å². The Morgan fingerprint density at radius 1 is 1.07 bits per heavy atom. The first-order chi connectivity index (χ1) is 13.1. The van der Waals surface area contributed by atoms with Crippen LogP contribution < -0.4 is 32.4 Å². The molecule has 0 fully saturated rings. The second kappa shape index (κ2) is 7.05. The zero-order valence-electron chi connectivity index (χ0n) is 13.6. The van der Waals surface area contributed by atoms with Crippen LogP contribution in [0.1, 0.15) is 5.82 Å². The maximum atomic E-state index is 12.5. The zero-order chi connectivity index (χ0) is 18.8. The molecular weight excluding hydrogens is 390 g/mol. The smallest absolute Gasteiger partial charge is 0.237 e. The lowest BCUT2D eigenvalue weighted by Crippen LogP contribution is -2.47. The molecular formula is C14H9N9O2S2. The summed E-state index contributed by atoms with van der Waals surface area (Å²) in [6.45, 7) is 1.72. The van der Waals surface area contributed by atoms with Crippen molar-refractivity contribution in [1.82, 2.24) is 23.7 Å². The first-order valence-corrected chi connectivity index (χ1v) is 8.96. The van der Waals surface area contributed by atoms with Crippen LogP contribution in [0.2, 0.25) is 0 Å². The summed E-state index contributed by atoms with van der Waals surface area (Å²) in [6.07, 6.45) is 2.97.